The minimum atomic E-state index is -1.41. The Labute approximate surface area is 147 Å². The number of hydrogen-bond donors (Lipinski definition) is 2. The molecule has 0 spiro atoms. The molecule has 1 heterocycles. The van der Waals surface area contributed by atoms with Crippen molar-refractivity contribution in [3.63, 3.8) is 0 Å². The summed E-state index contributed by atoms with van der Waals surface area (Å²) in [7, 11) is 0. The number of carbonyl (C=O) groups is 1. The molecule has 0 unspecified atom stereocenters. The molecule has 3 aromatic rings. The average Bonchev–Trinajstić information content (AvgIpc) is 3.03. The van der Waals surface area contributed by atoms with Gasteiger partial charge in [0.25, 0.3) is 5.91 Å². The maximum Gasteiger partial charge on any atom is 0.254 e. The number of nitrogens with zero attached hydrogens (tertiary/aromatic N) is 2. The van der Waals surface area contributed by atoms with Crippen LogP contribution in [0.4, 0.5) is 13.2 Å². The fourth-order valence-corrected chi connectivity index (χ4v) is 2.64. The molecule has 0 aliphatic rings. The van der Waals surface area contributed by atoms with Crippen LogP contribution >= 0.6 is 0 Å². The van der Waals surface area contributed by atoms with Crippen LogP contribution in [-0.2, 0) is 12.8 Å². The molecule has 1 aromatic heterocycles. The van der Waals surface area contributed by atoms with Gasteiger partial charge in [0.2, 0.25) is 0 Å². The highest BCUT2D eigenvalue weighted by Crippen LogP contribution is 2.27. The van der Waals surface area contributed by atoms with Crippen LogP contribution in [-0.4, -0.2) is 21.1 Å². The SMILES string of the molecule is NC(=O)c1c(F)cc(F)c(-c2n[nH]c(CCCc3ccccc3)n2)c1F. The summed E-state index contributed by atoms with van der Waals surface area (Å²) in [6, 6.07) is 10.2. The van der Waals surface area contributed by atoms with E-state index in [1.54, 1.807) is 0 Å². The van der Waals surface area contributed by atoms with E-state index in [0.717, 1.165) is 18.4 Å². The van der Waals surface area contributed by atoms with Gasteiger partial charge in [0.1, 0.15) is 23.0 Å². The molecular weight excluding hydrogens is 345 g/mol. The third kappa shape index (κ3) is 3.58. The van der Waals surface area contributed by atoms with Gasteiger partial charge in [0, 0.05) is 12.5 Å². The number of aromatic nitrogens is 3. The molecule has 0 bridgehead atoms. The maximum atomic E-state index is 14.3. The van der Waals surface area contributed by atoms with E-state index in [2.05, 4.69) is 15.2 Å². The molecule has 3 rings (SSSR count). The Bertz CT molecular complexity index is 941. The number of aryl methyl sites for hydroxylation is 2. The van der Waals surface area contributed by atoms with Crippen LogP contribution in [0, 0.1) is 17.5 Å². The van der Waals surface area contributed by atoms with Gasteiger partial charge in [-0.3, -0.25) is 9.89 Å². The van der Waals surface area contributed by atoms with E-state index < -0.39 is 34.5 Å². The summed E-state index contributed by atoms with van der Waals surface area (Å²) in [4.78, 5) is 15.2. The average molecular weight is 360 g/mol. The quantitative estimate of drug-likeness (QED) is 0.708. The maximum absolute atomic E-state index is 14.3. The molecule has 0 saturated heterocycles. The number of nitrogens with two attached hydrogens (primary N) is 1. The van der Waals surface area contributed by atoms with Crippen molar-refractivity contribution >= 4 is 5.91 Å². The van der Waals surface area contributed by atoms with Gasteiger partial charge in [-0.15, -0.1) is 0 Å². The van der Waals surface area contributed by atoms with Crippen molar-refractivity contribution in [2.24, 2.45) is 5.73 Å². The zero-order valence-electron chi connectivity index (χ0n) is 13.6. The number of aromatic amines is 1. The van der Waals surface area contributed by atoms with Crippen molar-refractivity contribution in [3.8, 4) is 11.4 Å². The summed E-state index contributed by atoms with van der Waals surface area (Å²) >= 11 is 0. The Hall–Kier alpha value is -3.16. The summed E-state index contributed by atoms with van der Waals surface area (Å²) in [5, 5.41) is 6.38. The number of halogens is 3. The van der Waals surface area contributed by atoms with Gasteiger partial charge in [-0.25, -0.2) is 18.2 Å². The number of primary amides is 1. The third-order valence-electron chi connectivity index (χ3n) is 3.89. The predicted octanol–water partition coefficient (Wildman–Crippen LogP) is 3.16. The first-order valence-corrected chi connectivity index (χ1v) is 7.90. The van der Waals surface area contributed by atoms with Crippen molar-refractivity contribution in [1.82, 2.24) is 15.2 Å². The number of nitrogens with one attached hydrogen (secondary N) is 1. The van der Waals surface area contributed by atoms with Crippen LogP contribution in [0.1, 0.15) is 28.2 Å². The Morgan fingerprint density at radius 3 is 2.50 bits per heavy atom. The number of H-pyrrole nitrogens is 1. The lowest BCUT2D eigenvalue weighted by Gasteiger charge is -2.06. The first-order valence-electron chi connectivity index (χ1n) is 7.90. The predicted molar refractivity (Wildman–Crippen MR) is 88.7 cm³/mol. The summed E-state index contributed by atoms with van der Waals surface area (Å²) in [5.74, 6) is -5.18. The van der Waals surface area contributed by atoms with E-state index in [0.29, 0.717) is 18.3 Å². The molecule has 0 aliphatic heterocycles. The van der Waals surface area contributed by atoms with E-state index in [1.165, 1.54) is 0 Å². The second-order valence-electron chi connectivity index (χ2n) is 5.71. The summed E-state index contributed by atoms with van der Waals surface area (Å²) < 4.78 is 41.9. The van der Waals surface area contributed by atoms with E-state index in [-0.39, 0.29) is 5.82 Å². The lowest BCUT2D eigenvalue weighted by atomic mass is 10.1. The zero-order valence-corrected chi connectivity index (χ0v) is 13.6. The highest BCUT2D eigenvalue weighted by molar-refractivity contribution is 5.94. The topological polar surface area (TPSA) is 84.7 Å². The minimum absolute atomic E-state index is 0.294. The Morgan fingerprint density at radius 1 is 1.08 bits per heavy atom. The second kappa shape index (κ2) is 7.38. The van der Waals surface area contributed by atoms with Crippen LogP contribution in [0.5, 0.6) is 0 Å². The van der Waals surface area contributed by atoms with Crippen LogP contribution in [0.3, 0.4) is 0 Å². The molecule has 8 heteroatoms. The van der Waals surface area contributed by atoms with Gasteiger partial charge in [-0.2, -0.15) is 5.10 Å². The van der Waals surface area contributed by atoms with E-state index in [1.807, 2.05) is 30.3 Å². The number of rotatable bonds is 6. The highest BCUT2D eigenvalue weighted by atomic mass is 19.1. The number of hydrogen-bond acceptors (Lipinski definition) is 3. The van der Waals surface area contributed by atoms with Gasteiger partial charge in [0.05, 0.1) is 5.56 Å². The standard InChI is InChI=1S/C18H15F3N4O/c19-11-9-12(20)15(16(21)14(11)17(22)26)18-23-13(24-25-18)8-4-7-10-5-2-1-3-6-10/h1-3,5-6,9H,4,7-8H2,(H2,22,26)(H,23,24,25). The molecule has 0 atom stereocenters. The Kier molecular flexibility index (Phi) is 5.01. The molecule has 0 saturated carbocycles. The van der Waals surface area contributed by atoms with Gasteiger partial charge >= 0.3 is 0 Å². The van der Waals surface area contributed by atoms with Crippen LogP contribution in [0.25, 0.3) is 11.4 Å². The zero-order chi connectivity index (χ0) is 18.7. The fourth-order valence-electron chi connectivity index (χ4n) is 2.64. The van der Waals surface area contributed by atoms with Gasteiger partial charge < -0.3 is 5.73 Å². The lowest BCUT2D eigenvalue weighted by Crippen LogP contribution is -2.17. The molecule has 134 valence electrons. The van der Waals surface area contributed by atoms with Crippen molar-refractivity contribution in [2.75, 3.05) is 0 Å². The molecule has 2 aromatic carbocycles. The van der Waals surface area contributed by atoms with Crippen LogP contribution in [0.2, 0.25) is 0 Å². The lowest BCUT2D eigenvalue weighted by molar-refractivity contribution is 0.0992. The summed E-state index contributed by atoms with van der Waals surface area (Å²) in [5.41, 5.74) is 4.40. The molecule has 0 aliphatic carbocycles. The molecule has 5 nitrogen and oxygen atoms in total. The molecule has 1 amide bonds. The van der Waals surface area contributed by atoms with Crippen LogP contribution < -0.4 is 5.73 Å². The third-order valence-corrected chi connectivity index (χ3v) is 3.89. The summed E-state index contributed by atoms with van der Waals surface area (Å²) in [6.07, 6.45) is 2.07. The van der Waals surface area contributed by atoms with E-state index >= 15 is 0 Å². The van der Waals surface area contributed by atoms with Crippen molar-refractivity contribution in [2.45, 2.75) is 19.3 Å². The largest absolute Gasteiger partial charge is 0.365 e. The first kappa shape index (κ1) is 17.7. The normalized spacial score (nSPS) is 10.9. The summed E-state index contributed by atoms with van der Waals surface area (Å²) in [6.45, 7) is 0. The molecule has 0 radical (unpaired) electrons. The van der Waals surface area contributed by atoms with Crippen molar-refractivity contribution in [1.29, 1.82) is 0 Å². The van der Waals surface area contributed by atoms with Crippen molar-refractivity contribution in [3.05, 3.63) is 70.8 Å². The number of carbonyl (C=O) groups excluding carboxylic acids is 1. The second-order valence-corrected chi connectivity index (χ2v) is 5.71. The van der Waals surface area contributed by atoms with Gasteiger partial charge in [0.15, 0.2) is 11.6 Å². The number of amides is 1. The smallest absolute Gasteiger partial charge is 0.254 e. The first-order chi connectivity index (χ1) is 12.5. The van der Waals surface area contributed by atoms with Gasteiger partial charge in [-0.05, 0) is 18.4 Å². The molecule has 26 heavy (non-hydrogen) atoms. The Balaban J connectivity index is 1.79. The van der Waals surface area contributed by atoms with E-state index in [9.17, 15) is 18.0 Å². The number of benzene rings is 2. The van der Waals surface area contributed by atoms with Crippen LogP contribution in [0.15, 0.2) is 36.4 Å². The molecule has 3 N–H and O–H groups in total. The molecular formula is C18H15F3N4O. The highest BCUT2D eigenvalue weighted by Gasteiger charge is 2.25. The Morgan fingerprint density at radius 2 is 1.81 bits per heavy atom. The van der Waals surface area contributed by atoms with E-state index in [4.69, 9.17) is 5.73 Å². The molecule has 0 fully saturated rings. The monoisotopic (exact) mass is 360 g/mol. The fraction of sp³-hybridized carbons (Fsp3) is 0.167. The van der Waals surface area contributed by atoms with Gasteiger partial charge in [-0.1, -0.05) is 30.3 Å². The van der Waals surface area contributed by atoms with Crippen molar-refractivity contribution < 1.29 is 18.0 Å². The minimum Gasteiger partial charge on any atom is -0.365 e.